The normalized spacial score (nSPS) is 15.1. The molecule has 12 heteroatoms. The van der Waals surface area contributed by atoms with Crippen LogP contribution in [0.15, 0.2) is 60.7 Å². The largest absolute Gasteiger partial charge is 0.486 e. The molecule has 1 aliphatic heterocycles. The highest BCUT2D eigenvalue weighted by Gasteiger charge is 2.33. The summed E-state index contributed by atoms with van der Waals surface area (Å²) >= 11 is 0. The van der Waals surface area contributed by atoms with E-state index >= 15 is 0 Å². The number of anilines is 1. The van der Waals surface area contributed by atoms with E-state index in [4.69, 9.17) is 14.2 Å². The van der Waals surface area contributed by atoms with Crippen LogP contribution >= 0.6 is 0 Å². The highest BCUT2D eigenvalue weighted by molar-refractivity contribution is 7.91. The second-order valence-corrected chi connectivity index (χ2v) is 12.4. The van der Waals surface area contributed by atoms with Crippen molar-refractivity contribution in [3.8, 4) is 11.8 Å². The molecule has 0 spiro atoms. The average molecular weight is 595 g/mol. The maximum Gasteiger partial charge on any atom is 0.422 e. The lowest BCUT2D eigenvalue weighted by Crippen LogP contribution is -2.43. The van der Waals surface area contributed by atoms with Crippen LogP contribution in [0.25, 0.3) is 10.8 Å². The fourth-order valence-electron chi connectivity index (χ4n) is 4.51. The lowest BCUT2D eigenvalue weighted by atomic mass is 10.0. The minimum absolute atomic E-state index is 0.0111. The first-order chi connectivity index (χ1) is 19.9. The number of benzene rings is 3. The fourth-order valence-corrected chi connectivity index (χ4v) is 5.62. The van der Waals surface area contributed by atoms with Crippen molar-refractivity contribution >= 4 is 38.9 Å². The molecule has 1 fully saturated rings. The van der Waals surface area contributed by atoms with E-state index in [0.717, 1.165) is 15.1 Å². The van der Waals surface area contributed by atoms with Crippen LogP contribution in [0.3, 0.4) is 0 Å². The van der Waals surface area contributed by atoms with Crippen LogP contribution in [-0.4, -0.2) is 56.9 Å². The lowest BCUT2D eigenvalue weighted by molar-refractivity contribution is 0.0275. The molecular weight excluding hydrogens is 560 g/mol. The summed E-state index contributed by atoms with van der Waals surface area (Å²) in [5, 5.41) is 11.0. The molecule has 42 heavy (non-hydrogen) atoms. The van der Waals surface area contributed by atoms with Crippen molar-refractivity contribution in [3.63, 3.8) is 0 Å². The van der Waals surface area contributed by atoms with Gasteiger partial charge in [-0.25, -0.2) is 18.6 Å². The smallest absolute Gasteiger partial charge is 0.422 e. The molecule has 0 radical (unpaired) electrons. The first-order valence-corrected chi connectivity index (χ1v) is 15.0. The van der Waals surface area contributed by atoms with Gasteiger partial charge in [0.05, 0.1) is 37.0 Å². The van der Waals surface area contributed by atoms with Gasteiger partial charge in [-0.1, -0.05) is 30.3 Å². The van der Waals surface area contributed by atoms with Crippen LogP contribution in [0.1, 0.15) is 45.2 Å². The molecule has 3 aromatic rings. The first-order valence-electron chi connectivity index (χ1n) is 13.5. The summed E-state index contributed by atoms with van der Waals surface area (Å²) in [4.78, 5) is 26.3. The summed E-state index contributed by atoms with van der Waals surface area (Å²) in [6.07, 6.45) is -1.44. The molecule has 0 aliphatic carbocycles. The van der Waals surface area contributed by atoms with Crippen molar-refractivity contribution in [3.05, 3.63) is 71.8 Å². The number of nitriles is 1. The number of nitrogens with one attached hydrogen (secondary N) is 1. The van der Waals surface area contributed by atoms with E-state index in [9.17, 15) is 23.3 Å². The zero-order valence-electron chi connectivity index (χ0n) is 24.0. The standard InChI is InChI=1S/C30H34N4O7S/c1-5-39-28(35)32-42(37,38)34(19-22-11-13-23-12-10-21(18-31)16-24(23)17-22)26-8-6-7-9-27(26)40-25-14-15-33(20-25)29(36)41-30(2,3)4/h6-13,16-17,25H,5,14-15,19-20H2,1-4H3,(H,32,35)/t25-/m0/s1. The van der Waals surface area contributed by atoms with E-state index in [0.29, 0.717) is 24.1 Å². The van der Waals surface area contributed by atoms with Crippen LogP contribution < -0.4 is 13.8 Å². The van der Waals surface area contributed by atoms with Crippen molar-refractivity contribution in [2.75, 3.05) is 24.0 Å². The predicted octanol–water partition coefficient (Wildman–Crippen LogP) is 5.10. The molecular formula is C30H34N4O7S. The Morgan fingerprint density at radius 3 is 2.55 bits per heavy atom. The Morgan fingerprint density at radius 2 is 1.83 bits per heavy atom. The summed E-state index contributed by atoms with van der Waals surface area (Å²) < 4.78 is 46.7. The van der Waals surface area contributed by atoms with Crippen molar-refractivity contribution in [2.24, 2.45) is 0 Å². The van der Waals surface area contributed by atoms with Gasteiger partial charge in [0, 0.05) is 13.0 Å². The molecule has 1 heterocycles. The van der Waals surface area contributed by atoms with Gasteiger partial charge in [0.25, 0.3) is 0 Å². The number of para-hydroxylation sites is 2. The van der Waals surface area contributed by atoms with Crippen LogP contribution in [0.4, 0.5) is 15.3 Å². The van der Waals surface area contributed by atoms with Crippen molar-refractivity contribution in [1.29, 1.82) is 5.26 Å². The van der Waals surface area contributed by atoms with Crippen LogP contribution in [0, 0.1) is 11.3 Å². The topological polar surface area (TPSA) is 138 Å². The van der Waals surface area contributed by atoms with E-state index in [1.807, 2.05) is 16.9 Å². The summed E-state index contributed by atoms with van der Waals surface area (Å²) in [7, 11) is -4.47. The maximum absolute atomic E-state index is 13.6. The number of hydrogen-bond donors (Lipinski definition) is 1. The van der Waals surface area contributed by atoms with Gasteiger partial charge in [0.2, 0.25) is 0 Å². The number of carbonyl (C=O) groups excluding carboxylic acids is 2. The Kier molecular flexibility index (Phi) is 9.11. The molecule has 4 rings (SSSR count). The molecule has 0 aromatic heterocycles. The fraction of sp³-hybridized carbons (Fsp3) is 0.367. The Labute approximate surface area is 245 Å². The molecule has 1 atom stereocenters. The summed E-state index contributed by atoms with van der Waals surface area (Å²) in [5.74, 6) is 0.260. The molecule has 0 bridgehead atoms. The number of amides is 2. The molecule has 1 aliphatic rings. The van der Waals surface area contributed by atoms with Crippen LogP contribution in [0.2, 0.25) is 0 Å². The third-order valence-electron chi connectivity index (χ3n) is 6.36. The van der Waals surface area contributed by atoms with Gasteiger partial charge in [-0.15, -0.1) is 0 Å². The molecule has 3 aromatic carbocycles. The number of rotatable bonds is 8. The molecule has 1 saturated heterocycles. The maximum atomic E-state index is 13.6. The lowest BCUT2D eigenvalue weighted by Gasteiger charge is -2.27. The second-order valence-electron chi connectivity index (χ2n) is 10.8. The summed E-state index contributed by atoms with van der Waals surface area (Å²) in [6.45, 7) is 7.48. The highest BCUT2D eigenvalue weighted by atomic mass is 32.2. The quantitative estimate of drug-likeness (QED) is 0.380. The zero-order valence-corrected chi connectivity index (χ0v) is 24.8. The summed E-state index contributed by atoms with van der Waals surface area (Å²) in [6, 6.07) is 19.4. The van der Waals surface area contributed by atoms with Gasteiger partial charge in [-0.3, -0.25) is 0 Å². The van der Waals surface area contributed by atoms with Crippen molar-refractivity contribution in [1.82, 2.24) is 9.62 Å². The van der Waals surface area contributed by atoms with Gasteiger partial charge < -0.3 is 19.1 Å². The minimum atomic E-state index is -4.47. The Bertz CT molecular complexity index is 1610. The number of fused-ring (bicyclic) bond motifs is 1. The molecule has 222 valence electrons. The number of hydrogen-bond acceptors (Lipinski definition) is 8. The van der Waals surface area contributed by atoms with Gasteiger partial charge in [0.15, 0.2) is 0 Å². The summed E-state index contributed by atoms with van der Waals surface area (Å²) in [5.41, 5.74) is 0.640. The SMILES string of the molecule is CCOC(=O)NS(=O)(=O)N(Cc1ccc2ccc(C#N)cc2c1)c1ccccc1O[C@H]1CCN(C(=O)OC(C)(C)C)C1. The van der Waals surface area contributed by atoms with Crippen molar-refractivity contribution in [2.45, 2.75) is 52.4 Å². The van der Waals surface area contributed by atoms with E-state index < -0.39 is 34.1 Å². The minimum Gasteiger partial charge on any atom is -0.486 e. The number of likely N-dealkylation sites (tertiary alicyclic amines) is 1. The molecule has 1 N–H and O–H groups in total. The number of nitrogens with zero attached hydrogens (tertiary/aromatic N) is 3. The third-order valence-corrected chi connectivity index (χ3v) is 7.69. The van der Waals surface area contributed by atoms with E-state index in [1.165, 1.54) is 0 Å². The highest BCUT2D eigenvalue weighted by Crippen LogP contribution is 2.34. The third kappa shape index (κ3) is 7.61. The molecule has 0 saturated carbocycles. The Hall–Kier alpha value is -4.50. The van der Waals surface area contributed by atoms with E-state index in [2.05, 4.69) is 6.07 Å². The second kappa shape index (κ2) is 12.6. The van der Waals surface area contributed by atoms with Gasteiger partial charge >= 0.3 is 22.4 Å². The number of carbonyl (C=O) groups is 2. The van der Waals surface area contributed by atoms with E-state index in [-0.39, 0.29) is 31.1 Å². The van der Waals surface area contributed by atoms with Crippen LogP contribution in [-0.2, 0) is 26.2 Å². The Morgan fingerprint density at radius 1 is 1.10 bits per heavy atom. The van der Waals surface area contributed by atoms with Gasteiger partial charge in [-0.2, -0.15) is 13.7 Å². The molecule has 0 unspecified atom stereocenters. The van der Waals surface area contributed by atoms with Crippen molar-refractivity contribution < 1.29 is 32.2 Å². The van der Waals surface area contributed by atoms with E-state index in [1.54, 1.807) is 81.1 Å². The first kappa shape index (κ1) is 30.5. The number of ether oxygens (including phenoxy) is 3. The van der Waals surface area contributed by atoms with Crippen LogP contribution in [0.5, 0.6) is 5.75 Å². The average Bonchev–Trinajstić information content (AvgIpc) is 3.39. The Balaban J connectivity index is 1.65. The molecule has 2 amide bonds. The zero-order chi connectivity index (χ0) is 30.5. The monoisotopic (exact) mass is 594 g/mol. The van der Waals surface area contributed by atoms with Gasteiger partial charge in [-0.05, 0) is 74.4 Å². The molecule has 11 nitrogen and oxygen atoms in total. The van der Waals surface area contributed by atoms with Gasteiger partial charge in [0.1, 0.15) is 17.5 Å². The predicted molar refractivity (Wildman–Crippen MR) is 157 cm³/mol.